The van der Waals surface area contributed by atoms with Crippen LogP contribution in [0.4, 0.5) is 4.79 Å². The third kappa shape index (κ3) is 10.8. The maximum absolute atomic E-state index is 11.9. The predicted molar refractivity (Wildman–Crippen MR) is 157 cm³/mol. The summed E-state index contributed by atoms with van der Waals surface area (Å²) in [6.07, 6.45) is 0.135. The molecule has 10 nitrogen and oxygen atoms in total. The molecule has 0 saturated carbocycles. The Morgan fingerprint density at radius 2 is 1.24 bits per heavy atom. The van der Waals surface area contributed by atoms with Crippen LogP contribution in [-0.2, 0) is 33.0 Å². The van der Waals surface area contributed by atoms with Crippen molar-refractivity contribution in [3.05, 3.63) is 71.8 Å². The van der Waals surface area contributed by atoms with Crippen molar-refractivity contribution >= 4 is 20.9 Å². The van der Waals surface area contributed by atoms with E-state index in [0.29, 0.717) is 36.1 Å². The second-order valence-electron chi connectivity index (χ2n) is 9.75. The number of rotatable bonds is 18. The molecule has 0 aliphatic rings. The Bertz CT molecular complexity index is 1090. The predicted octanol–water partition coefficient (Wildman–Crippen LogP) is 4.88. The minimum Gasteiger partial charge on any atom is -0.490 e. The monoisotopic (exact) mass is 589 g/mol. The van der Waals surface area contributed by atoms with Crippen LogP contribution in [0.15, 0.2) is 60.7 Å². The zero-order valence-electron chi connectivity index (χ0n) is 24.9. The number of carbonyl (C=O) groups excluding carboxylic acids is 2. The second-order valence-corrected chi connectivity index (χ2v) is 12.8. The number of carbonyl (C=O) groups is 2. The van der Waals surface area contributed by atoms with Crippen LogP contribution >= 0.6 is 0 Å². The summed E-state index contributed by atoms with van der Waals surface area (Å²) < 4.78 is 37.7. The molecular formula is C30H43NO9Si. The van der Waals surface area contributed by atoms with Gasteiger partial charge in [-0.05, 0) is 48.7 Å². The quantitative estimate of drug-likeness (QED) is 0.113. The molecule has 0 aromatic heterocycles. The summed E-state index contributed by atoms with van der Waals surface area (Å²) in [5, 5.41) is 2.70. The molecule has 1 N–H and O–H groups in total. The molecule has 2 aromatic rings. The molecule has 226 valence electrons. The van der Waals surface area contributed by atoms with Crippen molar-refractivity contribution < 1.29 is 41.8 Å². The summed E-state index contributed by atoms with van der Waals surface area (Å²) in [5.74, 6) is 0.958. The average Bonchev–Trinajstić information content (AvgIpc) is 2.98. The molecule has 41 heavy (non-hydrogen) atoms. The van der Waals surface area contributed by atoms with Crippen LogP contribution in [0.5, 0.6) is 11.5 Å². The highest BCUT2D eigenvalue weighted by Gasteiger charge is 2.36. The summed E-state index contributed by atoms with van der Waals surface area (Å²) in [7, 11) is 2.03. The molecule has 0 saturated heterocycles. The van der Waals surface area contributed by atoms with E-state index >= 15 is 0 Å². The third-order valence-corrected chi connectivity index (χ3v) is 9.36. The molecule has 11 heteroatoms. The number of hydrogen-bond donors (Lipinski definition) is 1. The van der Waals surface area contributed by atoms with E-state index in [1.54, 1.807) is 28.3 Å². The van der Waals surface area contributed by atoms with E-state index < -0.39 is 20.9 Å². The molecule has 0 heterocycles. The lowest BCUT2D eigenvalue weighted by Crippen LogP contribution is -2.43. The number of ether oxygens (including phenoxy) is 4. The Balaban J connectivity index is 1.73. The van der Waals surface area contributed by atoms with Gasteiger partial charge in [0, 0.05) is 44.9 Å². The largest absolute Gasteiger partial charge is 0.500 e. The number of benzene rings is 2. The Hall–Kier alpha value is -3.38. The van der Waals surface area contributed by atoms with Crippen molar-refractivity contribution in [1.29, 1.82) is 0 Å². The van der Waals surface area contributed by atoms with E-state index in [1.807, 2.05) is 48.5 Å². The molecular weight excluding hydrogens is 546 g/mol. The first-order valence-electron chi connectivity index (χ1n) is 13.4. The van der Waals surface area contributed by atoms with Gasteiger partial charge < -0.3 is 37.5 Å². The zero-order chi connectivity index (χ0) is 30.3. The van der Waals surface area contributed by atoms with Crippen LogP contribution in [0.3, 0.4) is 0 Å². The lowest BCUT2D eigenvalue weighted by Gasteiger charge is -2.26. The van der Waals surface area contributed by atoms with Crippen molar-refractivity contribution in [3.8, 4) is 11.5 Å². The lowest BCUT2D eigenvalue weighted by molar-refractivity contribution is -0.139. The number of amides is 1. The van der Waals surface area contributed by atoms with Gasteiger partial charge in [-0.2, -0.15) is 0 Å². The summed E-state index contributed by atoms with van der Waals surface area (Å²) in [4.78, 5) is 23.3. The highest BCUT2D eigenvalue weighted by Crippen LogP contribution is 2.33. The summed E-state index contributed by atoms with van der Waals surface area (Å²) in [5.41, 5.74) is 2.33. The van der Waals surface area contributed by atoms with Crippen molar-refractivity contribution in [2.24, 2.45) is 0 Å². The van der Waals surface area contributed by atoms with Gasteiger partial charge in [0.2, 0.25) is 0 Å². The highest BCUT2D eigenvalue weighted by molar-refractivity contribution is 6.60. The van der Waals surface area contributed by atoms with Gasteiger partial charge in [0.25, 0.3) is 0 Å². The molecule has 0 fully saturated rings. The van der Waals surface area contributed by atoms with Gasteiger partial charge in [-0.15, -0.1) is 0 Å². The van der Waals surface area contributed by atoms with Crippen molar-refractivity contribution in [2.75, 3.05) is 54.3 Å². The van der Waals surface area contributed by atoms with Gasteiger partial charge in [0.15, 0.2) is 0 Å². The standard InChI is InChI=1S/C30H43NO9Si/c1-23(2)28(32)39-20-18-37-26-13-9-24(10-14-26)30(3,4)25-11-15-27(16-12-25)38-19-21-40-29(33)31-17-8-22-41(34-5,35-6)36-7/h9-16H,1,8,17-22H2,2-7H3,(H,31,33). The van der Waals surface area contributed by atoms with E-state index in [2.05, 4.69) is 25.7 Å². The van der Waals surface area contributed by atoms with Crippen LogP contribution in [0, 0.1) is 0 Å². The summed E-state index contributed by atoms with van der Waals surface area (Å²) in [6, 6.07) is 16.3. The molecule has 0 unspecified atom stereocenters. The number of alkyl carbamates (subject to hydrolysis) is 1. The Kier molecular flexibility index (Phi) is 13.8. The summed E-state index contributed by atoms with van der Waals surface area (Å²) >= 11 is 0. The van der Waals surface area contributed by atoms with Gasteiger partial charge >= 0.3 is 20.9 Å². The van der Waals surface area contributed by atoms with Gasteiger partial charge in [-0.25, -0.2) is 9.59 Å². The summed E-state index contributed by atoms with van der Waals surface area (Å²) in [6.45, 7) is 10.6. The van der Waals surface area contributed by atoms with Crippen molar-refractivity contribution in [1.82, 2.24) is 5.32 Å². The molecule has 0 bridgehead atoms. The minimum absolute atomic E-state index is 0.122. The van der Waals surface area contributed by atoms with Crippen LogP contribution in [0.2, 0.25) is 6.04 Å². The number of hydrogen-bond acceptors (Lipinski definition) is 9. The van der Waals surface area contributed by atoms with Crippen LogP contribution in [0.1, 0.15) is 38.3 Å². The zero-order valence-corrected chi connectivity index (χ0v) is 25.9. The van der Waals surface area contributed by atoms with E-state index in [9.17, 15) is 9.59 Å². The average molecular weight is 590 g/mol. The van der Waals surface area contributed by atoms with Crippen LogP contribution < -0.4 is 14.8 Å². The maximum Gasteiger partial charge on any atom is 0.500 e. The first kappa shape index (κ1) is 33.8. The van der Waals surface area contributed by atoms with Crippen molar-refractivity contribution in [2.45, 2.75) is 38.7 Å². The Labute approximate surface area is 244 Å². The van der Waals surface area contributed by atoms with E-state index in [4.69, 9.17) is 32.2 Å². The number of nitrogens with one attached hydrogen (secondary N) is 1. The van der Waals surface area contributed by atoms with Gasteiger partial charge in [-0.1, -0.05) is 44.7 Å². The molecule has 0 aliphatic heterocycles. The fourth-order valence-corrected chi connectivity index (χ4v) is 5.64. The normalized spacial score (nSPS) is 11.5. The van der Waals surface area contributed by atoms with Gasteiger partial charge in [0.05, 0.1) is 0 Å². The Morgan fingerprint density at radius 3 is 1.68 bits per heavy atom. The maximum atomic E-state index is 11.9. The minimum atomic E-state index is -2.64. The third-order valence-electron chi connectivity index (χ3n) is 6.53. The Morgan fingerprint density at radius 1 is 0.780 bits per heavy atom. The smallest absolute Gasteiger partial charge is 0.490 e. The topological polar surface area (TPSA) is 111 Å². The first-order valence-corrected chi connectivity index (χ1v) is 15.4. The van der Waals surface area contributed by atoms with E-state index in [1.165, 1.54) is 0 Å². The highest BCUT2D eigenvalue weighted by atomic mass is 28.4. The van der Waals surface area contributed by atoms with Gasteiger partial charge in [0.1, 0.15) is 37.9 Å². The first-order chi connectivity index (χ1) is 19.6. The second kappa shape index (κ2) is 16.8. The molecule has 0 atom stereocenters. The van der Waals surface area contributed by atoms with Gasteiger partial charge in [-0.3, -0.25) is 0 Å². The molecule has 0 radical (unpaired) electrons. The molecule has 1 amide bonds. The molecule has 2 aromatic carbocycles. The SMILES string of the molecule is C=C(C)C(=O)OCCOc1ccc(C(C)(C)c2ccc(OCCOC(=O)NCCC[Si](OC)(OC)OC)cc2)cc1. The lowest BCUT2D eigenvalue weighted by atomic mass is 9.78. The molecule has 0 aliphatic carbocycles. The van der Waals surface area contributed by atoms with Crippen molar-refractivity contribution in [3.63, 3.8) is 0 Å². The fourth-order valence-electron chi connectivity index (χ4n) is 3.92. The van der Waals surface area contributed by atoms with E-state index in [0.717, 1.165) is 11.1 Å². The molecule has 2 rings (SSSR count). The number of esters is 1. The fraction of sp³-hybridized carbons (Fsp3) is 0.467. The van der Waals surface area contributed by atoms with Crippen LogP contribution in [0.25, 0.3) is 0 Å². The van der Waals surface area contributed by atoms with Crippen LogP contribution in [-0.4, -0.2) is 75.2 Å². The molecule has 0 spiro atoms. The van der Waals surface area contributed by atoms with E-state index in [-0.39, 0.29) is 31.8 Å².